The highest BCUT2D eigenvalue weighted by molar-refractivity contribution is 7.99. The molecule has 1 aromatic carbocycles. The molecule has 0 bridgehead atoms. The minimum absolute atomic E-state index is 0.111. The zero-order valence-electron chi connectivity index (χ0n) is 15.0. The van der Waals surface area contributed by atoms with Crippen molar-refractivity contribution in [3.8, 4) is 0 Å². The Bertz CT molecular complexity index is 892. The van der Waals surface area contributed by atoms with E-state index in [9.17, 15) is 14.4 Å². The highest BCUT2D eigenvalue weighted by Crippen LogP contribution is 2.28. The first-order valence-electron chi connectivity index (χ1n) is 8.42. The topological polar surface area (TPSA) is 99.9 Å². The van der Waals surface area contributed by atoms with E-state index < -0.39 is 12.0 Å². The average molecular weight is 388 g/mol. The van der Waals surface area contributed by atoms with Crippen LogP contribution in [0.15, 0.2) is 34.9 Å². The number of rotatable bonds is 5. The van der Waals surface area contributed by atoms with Crippen LogP contribution in [0.25, 0.3) is 0 Å². The molecule has 7 nitrogen and oxygen atoms in total. The van der Waals surface area contributed by atoms with Gasteiger partial charge in [-0.05, 0) is 25.5 Å². The first-order chi connectivity index (χ1) is 12.9. The van der Waals surface area contributed by atoms with E-state index >= 15 is 0 Å². The highest BCUT2D eigenvalue weighted by atomic mass is 32.2. The zero-order valence-corrected chi connectivity index (χ0v) is 15.8. The van der Waals surface area contributed by atoms with Crippen LogP contribution in [0, 0.1) is 13.8 Å². The van der Waals surface area contributed by atoms with Crippen LogP contribution in [0.5, 0.6) is 0 Å². The number of hydrogen-bond acceptors (Lipinski definition) is 5. The van der Waals surface area contributed by atoms with Crippen molar-refractivity contribution in [2.24, 2.45) is 0 Å². The van der Waals surface area contributed by atoms with E-state index in [-0.39, 0.29) is 29.6 Å². The monoisotopic (exact) mass is 388 g/mol. The maximum atomic E-state index is 13.0. The first kappa shape index (κ1) is 19.0. The van der Waals surface area contributed by atoms with Crippen LogP contribution in [-0.2, 0) is 16.0 Å². The molecule has 0 spiro atoms. The van der Waals surface area contributed by atoms with Crippen LogP contribution in [0.2, 0.25) is 0 Å². The maximum Gasteiger partial charge on any atom is 0.311 e. The summed E-state index contributed by atoms with van der Waals surface area (Å²) in [4.78, 5) is 38.3. The number of anilines is 1. The van der Waals surface area contributed by atoms with Crippen LogP contribution >= 0.6 is 11.8 Å². The number of aliphatic carboxylic acids is 1. The van der Waals surface area contributed by atoms with Gasteiger partial charge in [0.2, 0.25) is 5.91 Å². The number of amides is 2. The summed E-state index contributed by atoms with van der Waals surface area (Å²) in [6.07, 6.45) is 0.993. The molecule has 1 fully saturated rings. The smallest absolute Gasteiger partial charge is 0.311 e. The van der Waals surface area contributed by atoms with E-state index in [0.717, 1.165) is 5.56 Å². The molecule has 2 amide bonds. The van der Waals surface area contributed by atoms with E-state index in [2.05, 4.69) is 5.32 Å². The molecule has 8 heteroatoms. The van der Waals surface area contributed by atoms with Gasteiger partial charge in [-0.1, -0.05) is 18.2 Å². The predicted octanol–water partition coefficient (Wildman–Crippen LogP) is 2.68. The number of hydrogen-bond donors (Lipinski definition) is 2. The second-order valence-electron chi connectivity index (χ2n) is 6.38. The van der Waals surface area contributed by atoms with Gasteiger partial charge < -0.3 is 19.7 Å². The van der Waals surface area contributed by atoms with Gasteiger partial charge in [-0.25, -0.2) is 0 Å². The van der Waals surface area contributed by atoms with Crippen LogP contribution < -0.4 is 5.32 Å². The molecule has 1 unspecified atom stereocenters. The molecule has 0 saturated carbocycles. The second-order valence-corrected chi connectivity index (χ2v) is 7.38. The van der Waals surface area contributed by atoms with Gasteiger partial charge in [-0.2, -0.15) is 0 Å². The lowest BCUT2D eigenvalue weighted by Crippen LogP contribution is -2.45. The highest BCUT2D eigenvalue weighted by Gasteiger charge is 2.37. The van der Waals surface area contributed by atoms with Crippen LogP contribution in [-0.4, -0.2) is 45.5 Å². The molecular weight excluding hydrogens is 368 g/mol. The Kier molecular flexibility index (Phi) is 5.55. The number of benzene rings is 1. The molecule has 3 rings (SSSR count). The molecule has 1 atom stereocenters. The number of aryl methyl sites for hydroxylation is 2. The fourth-order valence-corrected chi connectivity index (χ4v) is 4.14. The standard InChI is InChI=1S/C19H20N2O5S/c1-11-5-3-4-6-13(11)20-18(24)14-9-27-10-21(14)19(25)17-12(2)8-26-15(17)7-16(22)23/h3-6,8,14H,7,9-10H2,1-2H3,(H,20,24)(H,22,23). The summed E-state index contributed by atoms with van der Waals surface area (Å²) in [5.74, 6) is -0.768. The lowest BCUT2D eigenvalue weighted by atomic mass is 10.1. The van der Waals surface area contributed by atoms with E-state index in [4.69, 9.17) is 9.52 Å². The number of carbonyl (C=O) groups is 3. The van der Waals surface area contributed by atoms with Crippen molar-refractivity contribution in [3.63, 3.8) is 0 Å². The van der Waals surface area contributed by atoms with Crippen LogP contribution in [0.3, 0.4) is 0 Å². The maximum absolute atomic E-state index is 13.0. The van der Waals surface area contributed by atoms with Gasteiger partial charge in [0.05, 0.1) is 17.7 Å². The molecule has 2 heterocycles. The molecule has 1 aliphatic heterocycles. The van der Waals surface area contributed by atoms with Gasteiger partial charge in [-0.3, -0.25) is 14.4 Å². The summed E-state index contributed by atoms with van der Waals surface area (Å²) in [6, 6.07) is 6.80. The fourth-order valence-electron chi connectivity index (χ4n) is 2.99. The van der Waals surface area contributed by atoms with E-state index in [1.165, 1.54) is 22.9 Å². The van der Waals surface area contributed by atoms with E-state index in [1.54, 1.807) is 6.92 Å². The minimum Gasteiger partial charge on any atom is -0.481 e. The van der Waals surface area contributed by atoms with Crippen molar-refractivity contribution >= 4 is 35.2 Å². The van der Waals surface area contributed by atoms with Crippen molar-refractivity contribution in [3.05, 3.63) is 53.0 Å². The quantitative estimate of drug-likeness (QED) is 0.817. The SMILES string of the molecule is Cc1ccccc1NC(=O)C1CSCN1C(=O)c1c(C)coc1CC(=O)O. The second kappa shape index (κ2) is 7.87. The van der Waals surface area contributed by atoms with Gasteiger partial charge in [0.1, 0.15) is 18.2 Å². The summed E-state index contributed by atoms with van der Waals surface area (Å²) in [5.41, 5.74) is 2.43. The van der Waals surface area contributed by atoms with Crippen LogP contribution in [0.4, 0.5) is 5.69 Å². The lowest BCUT2D eigenvalue weighted by molar-refractivity contribution is -0.136. The molecule has 1 saturated heterocycles. The molecule has 142 valence electrons. The van der Waals surface area contributed by atoms with Crippen molar-refractivity contribution in [1.82, 2.24) is 4.90 Å². The molecular formula is C19H20N2O5S. The number of thioether (sulfide) groups is 1. The van der Waals surface area contributed by atoms with Gasteiger partial charge in [0, 0.05) is 17.0 Å². The summed E-state index contributed by atoms with van der Waals surface area (Å²) in [6.45, 7) is 3.59. The average Bonchev–Trinajstić information content (AvgIpc) is 3.23. The minimum atomic E-state index is -1.08. The summed E-state index contributed by atoms with van der Waals surface area (Å²) < 4.78 is 5.26. The number of nitrogens with one attached hydrogen (secondary N) is 1. The Labute approximate surface area is 160 Å². The normalized spacial score (nSPS) is 16.4. The molecule has 1 aromatic heterocycles. The largest absolute Gasteiger partial charge is 0.481 e. The van der Waals surface area contributed by atoms with Crippen molar-refractivity contribution in [2.75, 3.05) is 16.9 Å². The summed E-state index contributed by atoms with van der Waals surface area (Å²) >= 11 is 1.48. The van der Waals surface area contributed by atoms with E-state index in [1.807, 2.05) is 31.2 Å². The Balaban J connectivity index is 1.81. The van der Waals surface area contributed by atoms with E-state index in [0.29, 0.717) is 22.9 Å². The van der Waals surface area contributed by atoms with Crippen LogP contribution in [0.1, 0.15) is 27.2 Å². The number of furan rings is 1. The van der Waals surface area contributed by atoms with Gasteiger partial charge in [0.25, 0.3) is 5.91 Å². The number of nitrogens with zero attached hydrogens (tertiary/aromatic N) is 1. The first-order valence-corrected chi connectivity index (χ1v) is 9.58. The third-order valence-electron chi connectivity index (χ3n) is 4.43. The molecule has 27 heavy (non-hydrogen) atoms. The number of para-hydroxylation sites is 1. The molecule has 2 N–H and O–H groups in total. The Morgan fingerprint density at radius 3 is 2.70 bits per heavy atom. The van der Waals surface area contributed by atoms with Crippen molar-refractivity contribution in [2.45, 2.75) is 26.3 Å². The van der Waals surface area contributed by atoms with Gasteiger partial charge in [-0.15, -0.1) is 11.8 Å². The van der Waals surface area contributed by atoms with Gasteiger partial charge in [0.15, 0.2) is 0 Å². The molecule has 1 aliphatic rings. The number of carbonyl (C=O) groups excluding carboxylic acids is 2. The van der Waals surface area contributed by atoms with Crippen molar-refractivity contribution in [1.29, 1.82) is 0 Å². The van der Waals surface area contributed by atoms with Crippen molar-refractivity contribution < 1.29 is 23.9 Å². The molecule has 0 radical (unpaired) electrons. The Morgan fingerprint density at radius 2 is 2.00 bits per heavy atom. The summed E-state index contributed by atoms with van der Waals surface area (Å²) in [5, 5.41) is 11.9. The number of carboxylic acids is 1. The predicted molar refractivity (Wildman–Crippen MR) is 102 cm³/mol. The lowest BCUT2D eigenvalue weighted by Gasteiger charge is -2.23. The summed E-state index contributed by atoms with van der Waals surface area (Å²) in [7, 11) is 0. The third kappa shape index (κ3) is 4.00. The fraction of sp³-hybridized carbons (Fsp3) is 0.316. The molecule has 0 aliphatic carbocycles. The zero-order chi connectivity index (χ0) is 19.6. The third-order valence-corrected chi connectivity index (χ3v) is 5.44. The Hall–Kier alpha value is -2.74. The Morgan fingerprint density at radius 1 is 1.26 bits per heavy atom. The number of carboxylic acid groups (broad SMARTS) is 1. The van der Waals surface area contributed by atoms with Gasteiger partial charge >= 0.3 is 5.97 Å². The molecule has 2 aromatic rings.